The van der Waals surface area contributed by atoms with E-state index in [9.17, 15) is 9.18 Å². The predicted molar refractivity (Wildman–Crippen MR) is 96.4 cm³/mol. The van der Waals surface area contributed by atoms with Crippen molar-refractivity contribution >= 4 is 34.0 Å². The zero-order valence-corrected chi connectivity index (χ0v) is 16.5. The lowest BCUT2D eigenvalue weighted by Crippen LogP contribution is -2.67. The van der Waals surface area contributed by atoms with Crippen molar-refractivity contribution in [3.8, 4) is 0 Å². The van der Waals surface area contributed by atoms with Gasteiger partial charge in [0.15, 0.2) is 0 Å². The Kier molecular flexibility index (Phi) is 4.88. The number of likely N-dealkylation sites (tertiary alicyclic amines) is 1. The Morgan fingerprint density at radius 2 is 2.08 bits per heavy atom. The van der Waals surface area contributed by atoms with Gasteiger partial charge in [-0.3, -0.25) is 4.72 Å². The highest BCUT2D eigenvalue weighted by molar-refractivity contribution is 9.10. The SMILES string of the molecule is CC(C)(C)OC(=O)N1CC2(CC(NSc3ccc(Br)c(F)c3)C2)C1. The van der Waals surface area contributed by atoms with Gasteiger partial charge < -0.3 is 9.64 Å². The van der Waals surface area contributed by atoms with Gasteiger partial charge in [-0.15, -0.1) is 0 Å². The predicted octanol–water partition coefficient (Wildman–Crippen LogP) is 4.58. The number of amides is 1. The second kappa shape index (κ2) is 6.50. The van der Waals surface area contributed by atoms with E-state index < -0.39 is 5.60 Å². The molecular weight excluding hydrogens is 395 g/mol. The number of carbonyl (C=O) groups excluding carboxylic acids is 1. The van der Waals surface area contributed by atoms with E-state index in [0.717, 1.165) is 30.8 Å². The van der Waals surface area contributed by atoms with E-state index in [-0.39, 0.29) is 17.3 Å². The van der Waals surface area contributed by atoms with Crippen molar-refractivity contribution in [2.24, 2.45) is 5.41 Å². The molecule has 1 aliphatic carbocycles. The van der Waals surface area contributed by atoms with Gasteiger partial charge in [0, 0.05) is 29.4 Å². The number of nitrogens with zero attached hydrogens (tertiary/aromatic N) is 1. The monoisotopic (exact) mass is 416 g/mol. The molecule has 1 heterocycles. The molecule has 4 nitrogen and oxygen atoms in total. The quantitative estimate of drug-likeness (QED) is 0.731. The van der Waals surface area contributed by atoms with Gasteiger partial charge in [0.1, 0.15) is 11.4 Å². The molecular formula is C17H22BrFN2O2S. The molecule has 132 valence electrons. The van der Waals surface area contributed by atoms with Crippen LogP contribution in [0.3, 0.4) is 0 Å². The summed E-state index contributed by atoms with van der Waals surface area (Å²) in [6.45, 7) is 7.19. The van der Waals surface area contributed by atoms with Gasteiger partial charge in [-0.2, -0.15) is 0 Å². The van der Waals surface area contributed by atoms with E-state index in [1.165, 1.54) is 18.0 Å². The molecule has 0 radical (unpaired) electrons. The molecule has 1 aromatic carbocycles. The van der Waals surface area contributed by atoms with Gasteiger partial charge in [-0.05, 0) is 79.7 Å². The normalized spacial score (nSPS) is 19.8. The Labute approximate surface area is 154 Å². The third-order valence-electron chi connectivity index (χ3n) is 4.30. The largest absolute Gasteiger partial charge is 0.444 e. The Morgan fingerprint density at radius 3 is 2.67 bits per heavy atom. The highest BCUT2D eigenvalue weighted by atomic mass is 79.9. The van der Waals surface area contributed by atoms with Crippen LogP contribution in [0.1, 0.15) is 33.6 Å². The fraction of sp³-hybridized carbons (Fsp3) is 0.588. The summed E-state index contributed by atoms with van der Waals surface area (Å²) in [7, 11) is 0. The van der Waals surface area contributed by atoms with Crippen LogP contribution in [0.25, 0.3) is 0 Å². The lowest BCUT2D eigenvalue weighted by Gasteiger charge is -2.58. The molecule has 1 N–H and O–H groups in total. The Balaban J connectivity index is 1.39. The van der Waals surface area contributed by atoms with Crippen molar-refractivity contribution in [2.45, 2.75) is 50.2 Å². The second-order valence-corrected chi connectivity index (χ2v) is 9.50. The molecule has 3 rings (SSSR count). The standard InChI is InChI=1S/C17H22BrFN2O2S/c1-16(2,3)23-15(22)21-9-17(10-21)7-11(8-17)20-24-12-4-5-13(18)14(19)6-12/h4-6,11,20H,7-10H2,1-3H3. The molecule has 1 spiro atoms. The Hall–Kier alpha value is -0.790. The molecule has 0 atom stereocenters. The van der Waals surface area contributed by atoms with Crippen molar-refractivity contribution in [1.82, 2.24) is 9.62 Å². The van der Waals surface area contributed by atoms with Gasteiger partial charge in [0.05, 0.1) is 4.47 Å². The maximum atomic E-state index is 13.5. The molecule has 1 amide bonds. The summed E-state index contributed by atoms with van der Waals surface area (Å²) in [6.07, 6.45) is 1.86. The summed E-state index contributed by atoms with van der Waals surface area (Å²) in [5.74, 6) is -0.251. The van der Waals surface area contributed by atoms with Gasteiger partial charge in [-0.25, -0.2) is 9.18 Å². The number of carbonyl (C=O) groups is 1. The number of ether oxygens (including phenoxy) is 1. The summed E-state index contributed by atoms with van der Waals surface area (Å²) in [5.41, 5.74) is -0.194. The van der Waals surface area contributed by atoms with Crippen molar-refractivity contribution < 1.29 is 13.9 Å². The summed E-state index contributed by atoms with van der Waals surface area (Å²) in [5, 5.41) is 0. The number of benzene rings is 1. The Morgan fingerprint density at radius 1 is 1.42 bits per heavy atom. The first-order valence-electron chi connectivity index (χ1n) is 8.01. The smallest absolute Gasteiger partial charge is 0.410 e. The average Bonchev–Trinajstić information content (AvgIpc) is 2.37. The number of rotatable bonds is 3. The van der Waals surface area contributed by atoms with Crippen LogP contribution in [0, 0.1) is 11.2 Å². The van der Waals surface area contributed by atoms with E-state index in [0.29, 0.717) is 10.5 Å². The first-order chi connectivity index (χ1) is 11.2. The lowest BCUT2D eigenvalue weighted by atomic mass is 9.61. The zero-order chi connectivity index (χ0) is 17.5. The van der Waals surface area contributed by atoms with Crippen LogP contribution in [0.2, 0.25) is 0 Å². The highest BCUT2D eigenvalue weighted by Crippen LogP contribution is 2.49. The minimum Gasteiger partial charge on any atom is -0.444 e. The topological polar surface area (TPSA) is 41.6 Å². The van der Waals surface area contributed by atoms with E-state index in [4.69, 9.17) is 4.74 Å². The zero-order valence-electron chi connectivity index (χ0n) is 14.1. The van der Waals surface area contributed by atoms with Gasteiger partial charge in [0.25, 0.3) is 0 Å². The fourth-order valence-corrected chi connectivity index (χ4v) is 4.25. The highest BCUT2D eigenvalue weighted by Gasteiger charge is 2.54. The Bertz CT molecular complexity index is 636. The van der Waals surface area contributed by atoms with Crippen LogP contribution >= 0.6 is 27.9 Å². The van der Waals surface area contributed by atoms with Gasteiger partial charge >= 0.3 is 6.09 Å². The first kappa shape index (κ1) is 18.0. The molecule has 1 saturated carbocycles. The third-order valence-corrected chi connectivity index (χ3v) is 5.88. The molecule has 24 heavy (non-hydrogen) atoms. The van der Waals surface area contributed by atoms with Crippen molar-refractivity contribution in [2.75, 3.05) is 13.1 Å². The van der Waals surface area contributed by atoms with E-state index in [2.05, 4.69) is 20.7 Å². The van der Waals surface area contributed by atoms with Crippen LogP contribution in [-0.4, -0.2) is 35.7 Å². The number of halogens is 2. The molecule has 2 aliphatic rings. The van der Waals surface area contributed by atoms with Gasteiger partial charge in [0.2, 0.25) is 0 Å². The molecule has 0 aromatic heterocycles. The summed E-state index contributed by atoms with van der Waals surface area (Å²) in [6, 6.07) is 5.52. The number of hydrogen-bond donors (Lipinski definition) is 1. The average molecular weight is 417 g/mol. The summed E-state index contributed by atoms with van der Waals surface area (Å²) >= 11 is 4.62. The lowest BCUT2D eigenvalue weighted by molar-refractivity contribution is -0.0790. The van der Waals surface area contributed by atoms with Crippen LogP contribution in [-0.2, 0) is 4.74 Å². The van der Waals surface area contributed by atoms with Crippen LogP contribution in [0.5, 0.6) is 0 Å². The van der Waals surface area contributed by atoms with Crippen LogP contribution in [0.4, 0.5) is 9.18 Å². The molecule has 0 unspecified atom stereocenters. The minimum absolute atomic E-state index is 0.218. The molecule has 7 heteroatoms. The van der Waals surface area contributed by atoms with Crippen molar-refractivity contribution in [1.29, 1.82) is 0 Å². The number of nitrogens with one attached hydrogen (secondary N) is 1. The molecule has 0 bridgehead atoms. The van der Waals surface area contributed by atoms with Crippen LogP contribution in [0.15, 0.2) is 27.6 Å². The van der Waals surface area contributed by atoms with Gasteiger partial charge in [-0.1, -0.05) is 0 Å². The first-order valence-corrected chi connectivity index (χ1v) is 9.62. The molecule has 1 aliphatic heterocycles. The maximum absolute atomic E-state index is 13.5. The number of hydrogen-bond acceptors (Lipinski definition) is 4. The van der Waals surface area contributed by atoms with E-state index >= 15 is 0 Å². The second-order valence-electron chi connectivity index (χ2n) is 7.74. The molecule has 1 saturated heterocycles. The third kappa shape index (κ3) is 4.06. The maximum Gasteiger partial charge on any atom is 0.410 e. The molecule has 2 fully saturated rings. The van der Waals surface area contributed by atoms with Crippen molar-refractivity contribution in [3.63, 3.8) is 0 Å². The fourth-order valence-electron chi connectivity index (χ4n) is 3.24. The summed E-state index contributed by atoms with van der Waals surface area (Å²) in [4.78, 5) is 14.6. The van der Waals surface area contributed by atoms with Crippen molar-refractivity contribution in [3.05, 3.63) is 28.5 Å². The van der Waals surface area contributed by atoms with E-state index in [1.54, 1.807) is 11.0 Å². The minimum atomic E-state index is -0.444. The van der Waals surface area contributed by atoms with E-state index in [1.807, 2.05) is 26.8 Å². The summed E-state index contributed by atoms with van der Waals surface area (Å²) < 4.78 is 22.7. The molecule has 1 aromatic rings. The van der Waals surface area contributed by atoms with Crippen LogP contribution < -0.4 is 4.72 Å².